The Morgan fingerprint density at radius 1 is 1.42 bits per heavy atom. The van der Waals surface area contributed by atoms with Crippen molar-refractivity contribution < 1.29 is 14.6 Å². The maximum absolute atomic E-state index is 11.7. The Morgan fingerprint density at radius 2 is 2.11 bits per heavy atom. The van der Waals surface area contributed by atoms with Gasteiger partial charge in [0.15, 0.2) is 0 Å². The Balaban J connectivity index is 2.09. The number of aliphatic hydroxyl groups is 1. The molecular weight excluding hydrogens is 244 g/mol. The van der Waals surface area contributed by atoms with Gasteiger partial charge in [0.2, 0.25) is 5.91 Å². The molecule has 0 aliphatic carbocycles. The van der Waals surface area contributed by atoms with Crippen molar-refractivity contribution in [2.24, 2.45) is 5.92 Å². The van der Waals surface area contributed by atoms with Crippen LogP contribution in [-0.4, -0.2) is 61.4 Å². The van der Waals surface area contributed by atoms with E-state index in [0.29, 0.717) is 19.1 Å². The highest BCUT2D eigenvalue weighted by molar-refractivity contribution is 5.77. The Kier molecular flexibility index (Phi) is 8.02. The van der Waals surface area contributed by atoms with Gasteiger partial charge in [-0.1, -0.05) is 13.8 Å². The summed E-state index contributed by atoms with van der Waals surface area (Å²) in [6, 6.07) is 0. The van der Waals surface area contributed by atoms with Crippen LogP contribution in [-0.2, 0) is 9.53 Å². The van der Waals surface area contributed by atoms with Crippen molar-refractivity contribution in [1.82, 2.24) is 10.2 Å². The summed E-state index contributed by atoms with van der Waals surface area (Å²) in [5.41, 5.74) is 0. The molecule has 5 heteroatoms. The van der Waals surface area contributed by atoms with Gasteiger partial charge in [0.25, 0.3) is 0 Å². The third-order valence-electron chi connectivity index (χ3n) is 3.39. The Morgan fingerprint density at radius 3 is 2.68 bits per heavy atom. The summed E-state index contributed by atoms with van der Waals surface area (Å²) < 4.78 is 5.50. The molecule has 2 N–H and O–H groups in total. The van der Waals surface area contributed by atoms with Crippen LogP contribution in [0.1, 0.15) is 33.1 Å². The number of carbonyl (C=O) groups is 1. The minimum absolute atomic E-state index is 0.0818. The van der Waals surface area contributed by atoms with Crippen LogP contribution in [0, 0.1) is 5.92 Å². The molecule has 0 radical (unpaired) electrons. The molecule has 1 aliphatic rings. The number of aliphatic hydroxyl groups excluding tert-OH is 1. The summed E-state index contributed by atoms with van der Waals surface area (Å²) in [5, 5.41) is 11.7. The zero-order valence-corrected chi connectivity index (χ0v) is 12.2. The van der Waals surface area contributed by atoms with E-state index < -0.39 is 0 Å². The molecule has 0 aromatic heterocycles. The van der Waals surface area contributed by atoms with E-state index in [9.17, 15) is 4.79 Å². The van der Waals surface area contributed by atoms with Crippen LogP contribution in [0.25, 0.3) is 0 Å². The Hall–Kier alpha value is -0.650. The van der Waals surface area contributed by atoms with Crippen molar-refractivity contribution >= 4 is 5.91 Å². The number of amides is 1. The van der Waals surface area contributed by atoms with Gasteiger partial charge in [-0.3, -0.25) is 9.69 Å². The highest BCUT2D eigenvalue weighted by Crippen LogP contribution is 2.13. The van der Waals surface area contributed by atoms with E-state index in [2.05, 4.69) is 24.1 Å². The number of nitrogens with zero attached hydrogens (tertiary/aromatic N) is 1. The Labute approximate surface area is 116 Å². The molecule has 19 heavy (non-hydrogen) atoms. The molecule has 1 saturated heterocycles. The number of hydrogen-bond acceptors (Lipinski definition) is 4. The van der Waals surface area contributed by atoms with E-state index >= 15 is 0 Å². The van der Waals surface area contributed by atoms with Crippen LogP contribution >= 0.6 is 0 Å². The second-order valence-electron chi connectivity index (χ2n) is 5.60. The minimum Gasteiger partial charge on any atom is -0.394 e. The van der Waals surface area contributed by atoms with Gasteiger partial charge in [-0.05, 0) is 25.2 Å². The largest absolute Gasteiger partial charge is 0.394 e. The maximum atomic E-state index is 11.7. The van der Waals surface area contributed by atoms with Gasteiger partial charge in [0.05, 0.1) is 25.9 Å². The molecule has 0 aromatic rings. The number of hydrogen-bond donors (Lipinski definition) is 2. The predicted molar refractivity (Wildman–Crippen MR) is 75.0 cm³/mol. The molecule has 1 aliphatic heterocycles. The third kappa shape index (κ3) is 7.50. The number of carbonyl (C=O) groups excluding carboxylic acids is 1. The van der Waals surface area contributed by atoms with Crippen LogP contribution in [0.15, 0.2) is 0 Å². The van der Waals surface area contributed by atoms with Gasteiger partial charge in [-0.15, -0.1) is 0 Å². The van der Waals surface area contributed by atoms with Crippen molar-refractivity contribution in [3.63, 3.8) is 0 Å². The van der Waals surface area contributed by atoms with Crippen LogP contribution in [0.3, 0.4) is 0 Å². The second kappa shape index (κ2) is 9.28. The van der Waals surface area contributed by atoms with Crippen molar-refractivity contribution in [2.45, 2.75) is 39.2 Å². The first-order chi connectivity index (χ1) is 9.11. The molecule has 1 amide bonds. The molecule has 1 fully saturated rings. The average Bonchev–Trinajstić information content (AvgIpc) is 2.37. The molecule has 0 aromatic carbocycles. The molecule has 112 valence electrons. The first-order valence-corrected chi connectivity index (χ1v) is 7.33. The summed E-state index contributed by atoms with van der Waals surface area (Å²) in [6.07, 6.45) is 3.16. The molecule has 5 nitrogen and oxygen atoms in total. The van der Waals surface area contributed by atoms with E-state index in [1.807, 2.05) is 0 Å². The fourth-order valence-corrected chi connectivity index (χ4v) is 2.21. The quantitative estimate of drug-likeness (QED) is 0.680. The molecule has 0 spiro atoms. The molecular formula is C14H28N2O3. The van der Waals surface area contributed by atoms with E-state index in [0.717, 1.165) is 38.9 Å². The average molecular weight is 272 g/mol. The highest BCUT2D eigenvalue weighted by atomic mass is 16.5. The lowest BCUT2D eigenvalue weighted by molar-refractivity contribution is -0.123. The monoisotopic (exact) mass is 272 g/mol. The van der Waals surface area contributed by atoms with Crippen LogP contribution < -0.4 is 5.32 Å². The normalized spacial score (nSPS) is 17.9. The van der Waals surface area contributed by atoms with Gasteiger partial charge in [-0.25, -0.2) is 0 Å². The first kappa shape index (κ1) is 16.4. The van der Waals surface area contributed by atoms with Gasteiger partial charge >= 0.3 is 0 Å². The van der Waals surface area contributed by atoms with Crippen molar-refractivity contribution in [1.29, 1.82) is 0 Å². The summed E-state index contributed by atoms with van der Waals surface area (Å²) in [4.78, 5) is 13.9. The lowest BCUT2D eigenvalue weighted by atomic mass is 10.1. The van der Waals surface area contributed by atoms with Gasteiger partial charge in [0, 0.05) is 19.6 Å². The lowest BCUT2D eigenvalue weighted by Gasteiger charge is -2.31. The van der Waals surface area contributed by atoms with E-state index in [4.69, 9.17) is 9.84 Å². The predicted octanol–water partition coefficient (Wildman–Crippen LogP) is 0.622. The molecule has 1 heterocycles. The number of ether oxygens (including phenoxy) is 1. The smallest absolute Gasteiger partial charge is 0.234 e. The number of rotatable bonds is 8. The highest BCUT2D eigenvalue weighted by Gasteiger charge is 2.20. The lowest BCUT2D eigenvalue weighted by Crippen LogP contribution is -2.43. The maximum Gasteiger partial charge on any atom is 0.234 e. The molecule has 0 atom stereocenters. The molecule has 0 bridgehead atoms. The SMILES string of the molecule is CC(C)CCNC(=O)CN1CCC(OCCO)CC1. The van der Waals surface area contributed by atoms with E-state index in [1.165, 1.54) is 0 Å². The third-order valence-corrected chi connectivity index (χ3v) is 3.39. The zero-order chi connectivity index (χ0) is 14.1. The van der Waals surface area contributed by atoms with Gasteiger partial charge in [0.1, 0.15) is 0 Å². The van der Waals surface area contributed by atoms with Crippen LogP contribution in [0.5, 0.6) is 0 Å². The second-order valence-corrected chi connectivity index (χ2v) is 5.60. The molecule has 1 rings (SSSR count). The van der Waals surface area contributed by atoms with E-state index in [1.54, 1.807) is 0 Å². The number of nitrogens with one attached hydrogen (secondary N) is 1. The topological polar surface area (TPSA) is 61.8 Å². The Bertz CT molecular complexity index is 251. The van der Waals surface area contributed by atoms with Crippen molar-refractivity contribution in [2.75, 3.05) is 39.4 Å². The number of likely N-dealkylation sites (tertiary alicyclic amines) is 1. The first-order valence-electron chi connectivity index (χ1n) is 7.33. The van der Waals surface area contributed by atoms with Crippen molar-refractivity contribution in [3.8, 4) is 0 Å². The number of piperidine rings is 1. The zero-order valence-electron chi connectivity index (χ0n) is 12.2. The fourth-order valence-electron chi connectivity index (χ4n) is 2.21. The summed E-state index contributed by atoms with van der Waals surface area (Å²) >= 11 is 0. The fraction of sp³-hybridized carbons (Fsp3) is 0.929. The summed E-state index contributed by atoms with van der Waals surface area (Å²) in [6.45, 7) is 7.87. The van der Waals surface area contributed by atoms with E-state index in [-0.39, 0.29) is 18.6 Å². The van der Waals surface area contributed by atoms with Crippen LogP contribution in [0.4, 0.5) is 0 Å². The molecule has 0 saturated carbocycles. The van der Waals surface area contributed by atoms with Gasteiger partial charge < -0.3 is 15.2 Å². The van der Waals surface area contributed by atoms with Crippen LogP contribution in [0.2, 0.25) is 0 Å². The van der Waals surface area contributed by atoms with Gasteiger partial charge in [-0.2, -0.15) is 0 Å². The summed E-state index contributed by atoms with van der Waals surface area (Å²) in [5.74, 6) is 0.745. The minimum atomic E-state index is 0.0818. The summed E-state index contributed by atoms with van der Waals surface area (Å²) in [7, 11) is 0. The molecule has 0 unspecified atom stereocenters. The standard InChI is InChI=1S/C14H28N2O3/c1-12(2)3-6-15-14(18)11-16-7-4-13(5-8-16)19-10-9-17/h12-13,17H,3-11H2,1-2H3,(H,15,18). The van der Waals surface area contributed by atoms with Crippen molar-refractivity contribution in [3.05, 3.63) is 0 Å².